The minimum absolute atomic E-state index is 0.0647. The molecule has 0 radical (unpaired) electrons. The van der Waals surface area contributed by atoms with E-state index in [1.165, 1.54) is 10.9 Å². The Bertz CT molecular complexity index is 2410. The Morgan fingerprint density at radius 1 is 0.625 bits per heavy atom. The number of hydrogen-bond donors (Lipinski definition) is 4. The van der Waals surface area contributed by atoms with Crippen molar-refractivity contribution in [1.29, 1.82) is 0 Å². The van der Waals surface area contributed by atoms with Crippen molar-refractivity contribution >= 4 is 57.6 Å². The van der Waals surface area contributed by atoms with Crippen LogP contribution in [0.5, 0.6) is 0 Å². The molecule has 0 saturated heterocycles. The van der Waals surface area contributed by atoms with Gasteiger partial charge in [-0.3, -0.25) is 34.0 Å². The van der Waals surface area contributed by atoms with Gasteiger partial charge in [-0.15, -0.1) is 0 Å². The highest BCUT2D eigenvalue weighted by Crippen LogP contribution is 2.21. The molecule has 0 aliphatic heterocycles. The molecule has 56 heavy (non-hydrogen) atoms. The van der Waals surface area contributed by atoms with E-state index in [0.717, 1.165) is 0 Å². The van der Waals surface area contributed by atoms with Gasteiger partial charge >= 0.3 is 5.69 Å². The van der Waals surface area contributed by atoms with Crippen molar-refractivity contribution in [2.75, 3.05) is 16.0 Å². The van der Waals surface area contributed by atoms with Crippen LogP contribution in [-0.4, -0.2) is 66.3 Å². The van der Waals surface area contributed by atoms with E-state index in [1.807, 2.05) is 64.3 Å². The van der Waals surface area contributed by atoms with Gasteiger partial charge in [0.25, 0.3) is 11.5 Å². The van der Waals surface area contributed by atoms with Crippen molar-refractivity contribution in [3.05, 3.63) is 88.0 Å². The van der Waals surface area contributed by atoms with Gasteiger partial charge in [0.1, 0.15) is 12.1 Å². The Morgan fingerprint density at radius 2 is 1.20 bits per heavy atom. The highest BCUT2D eigenvalue weighted by molar-refractivity contribution is 6.06. The fraction of sp³-hybridized carbons (Fsp3) is 0.395. The molecule has 0 unspecified atom stereocenters. The van der Waals surface area contributed by atoms with Crippen molar-refractivity contribution in [2.24, 2.45) is 11.8 Å². The SMILES string of the molecule is CC(C)C(=O)Nc1ccn(C(C)C)c(=O)n1.CC(C)C(=O)Nc1nc2c(ncn2C(C)C)c(=O)[nH]1.CC(C)n1cnc2c(NC(=O)c3ccccc3)ncnc21. The smallest absolute Gasteiger partial charge is 0.313 e. The van der Waals surface area contributed by atoms with Gasteiger partial charge in [0.2, 0.25) is 17.8 Å². The quantitative estimate of drug-likeness (QED) is 0.146. The topological polar surface area (TPSA) is 229 Å². The van der Waals surface area contributed by atoms with Crippen LogP contribution in [-0.2, 0) is 9.59 Å². The van der Waals surface area contributed by atoms with E-state index >= 15 is 0 Å². The Labute approximate surface area is 323 Å². The number of imidazole rings is 2. The van der Waals surface area contributed by atoms with Crippen LogP contribution in [0.1, 0.15) is 97.7 Å². The molecule has 5 heterocycles. The van der Waals surface area contributed by atoms with Gasteiger partial charge in [0.05, 0.1) is 12.7 Å². The molecule has 296 valence electrons. The molecule has 3 amide bonds. The van der Waals surface area contributed by atoms with Crippen molar-refractivity contribution in [3.63, 3.8) is 0 Å². The number of rotatable bonds is 9. The molecule has 0 aliphatic rings. The maximum absolute atomic E-state index is 12.2. The Hall–Kier alpha value is -6.59. The van der Waals surface area contributed by atoms with Crippen molar-refractivity contribution in [2.45, 2.75) is 87.4 Å². The summed E-state index contributed by atoms with van der Waals surface area (Å²) < 4.78 is 5.23. The summed E-state index contributed by atoms with van der Waals surface area (Å²) in [7, 11) is 0. The van der Waals surface area contributed by atoms with Gasteiger partial charge in [-0.25, -0.2) is 24.7 Å². The standard InChI is InChI=1S/C15H15N5O.C12H17N5O2.C11H17N3O2/c1-10(2)20-9-18-12-13(16-8-17-14(12)20)19-15(21)11-6-4-3-5-7-11;1-6(2)10(18)15-12-14-9-8(11(19)16-12)13-5-17(9)7(3)4;1-7(2)10(15)12-9-5-6-14(8(3)4)11(16)13-9/h3-10H,1-2H3,(H,16,17,19,21);5-7H,1-4H3,(H2,14,15,16,18,19);5-8H,1-4H3,(H,12,13,15,16). The van der Waals surface area contributed by atoms with E-state index in [0.29, 0.717) is 34.0 Å². The predicted octanol–water partition coefficient (Wildman–Crippen LogP) is 5.37. The first-order chi connectivity index (χ1) is 26.5. The number of carbonyl (C=O) groups is 3. The number of anilines is 3. The van der Waals surface area contributed by atoms with Crippen LogP contribution >= 0.6 is 0 Å². The van der Waals surface area contributed by atoms with Crippen LogP contribution in [0.2, 0.25) is 0 Å². The Balaban J connectivity index is 0.000000189. The molecular weight excluding hydrogens is 719 g/mol. The van der Waals surface area contributed by atoms with Gasteiger partial charge in [0, 0.05) is 41.7 Å². The lowest BCUT2D eigenvalue weighted by Crippen LogP contribution is -2.27. The lowest BCUT2D eigenvalue weighted by atomic mass is 10.2. The molecule has 18 heteroatoms. The second-order valence-electron chi connectivity index (χ2n) is 14.2. The summed E-state index contributed by atoms with van der Waals surface area (Å²) in [5.41, 5.74) is 1.92. The maximum Gasteiger partial charge on any atom is 0.349 e. The van der Waals surface area contributed by atoms with Crippen molar-refractivity contribution in [1.82, 2.24) is 48.6 Å². The number of nitrogens with zero attached hydrogens (tertiary/aromatic N) is 9. The number of carbonyl (C=O) groups excluding carboxylic acids is 3. The third kappa shape index (κ3) is 10.5. The zero-order chi connectivity index (χ0) is 41.3. The summed E-state index contributed by atoms with van der Waals surface area (Å²) in [6, 6.07) is 11.1. The minimum atomic E-state index is -0.358. The first kappa shape index (κ1) is 42.2. The second kappa shape index (κ2) is 18.6. The second-order valence-corrected chi connectivity index (χ2v) is 14.2. The highest BCUT2D eigenvalue weighted by atomic mass is 16.2. The molecule has 6 aromatic rings. The molecule has 5 aromatic heterocycles. The lowest BCUT2D eigenvalue weighted by Gasteiger charge is -2.10. The summed E-state index contributed by atoms with van der Waals surface area (Å²) in [4.78, 5) is 85.9. The van der Waals surface area contributed by atoms with E-state index in [9.17, 15) is 24.0 Å². The first-order valence-electron chi connectivity index (χ1n) is 18.2. The summed E-state index contributed by atoms with van der Waals surface area (Å²) >= 11 is 0. The summed E-state index contributed by atoms with van der Waals surface area (Å²) in [6.07, 6.45) is 6.35. The van der Waals surface area contributed by atoms with Gasteiger partial charge in [0.15, 0.2) is 28.1 Å². The molecule has 4 N–H and O–H groups in total. The van der Waals surface area contributed by atoms with Crippen LogP contribution < -0.4 is 27.2 Å². The third-order valence-electron chi connectivity index (χ3n) is 8.10. The van der Waals surface area contributed by atoms with Gasteiger partial charge in [-0.05, 0) is 59.7 Å². The first-order valence-corrected chi connectivity index (χ1v) is 18.2. The molecule has 0 fully saturated rings. The number of benzene rings is 1. The molecule has 0 spiro atoms. The fourth-order valence-electron chi connectivity index (χ4n) is 4.86. The maximum atomic E-state index is 12.2. The van der Waals surface area contributed by atoms with E-state index in [1.54, 1.807) is 69.3 Å². The third-order valence-corrected chi connectivity index (χ3v) is 8.10. The monoisotopic (exact) mass is 767 g/mol. The summed E-state index contributed by atoms with van der Waals surface area (Å²) in [5.74, 6) is 0.0137. The number of H-pyrrole nitrogens is 1. The molecule has 18 nitrogen and oxygen atoms in total. The summed E-state index contributed by atoms with van der Waals surface area (Å²) in [5, 5.41) is 7.96. The number of nitrogens with one attached hydrogen (secondary N) is 4. The summed E-state index contributed by atoms with van der Waals surface area (Å²) in [6.45, 7) is 18.9. The van der Waals surface area contributed by atoms with Gasteiger partial charge in [-0.1, -0.05) is 45.9 Å². The average molecular weight is 768 g/mol. The number of amides is 3. The molecule has 1 aromatic carbocycles. The van der Waals surface area contributed by atoms with Crippen LogP contribution in [0.25, 0.3) is 22.3 Å². The normalized spacial score (nSPS) is 11.1. The highest BCUT2D eigenvalue weighted by Gasteiger charge is 2.16. The molecule has 0 atom stereocenters. The minimum Gasteiger partial charge on any atom is -0.313 e. The van der Waals surface area contributed by atoms with E-state index in [2.05, 4.69) is 50.8 Å². The van der Waals surface area contributed by atoms with Crippen LogP contribution in [0.15, 0.2) is 71.2 Å². The predicted molar refractivity (Wildman–Crippen MR) is 214 cm³/mol. The molecule has 0 saturated carbocycles. The number of fused-ring (bicyclic) bond motifs is 2. The molecular formula is C38H49N13O5. The fourth-order valence-corrected chi connectivity index (χ4v) is 4.86. The van der Waals surface area contributed by atoms with Gasteiger partial charge < -0.3 is 19.8 Å². The Kier molecular flexibility index (Phi) is 14.0. The lowest BCUT2D eigenvalue weighted by molar-refractivity contribution is -0.119. The average Bonchev–Trinajstić information content (AvgIpc) is 3.78. The van der Waals surface area contributed by atoms with Crippen molar-refractivity contribution < 1.29 is 14.4 Å². The van der Waals surface area contributed by atoms with Gasteiger partial charge in [-0.2, -0.15) is 9.97 Å². The molecule has 0 bridgehead atoms. The molecule has 6 rings (SSSR count). The van der Waals surface area contributed by atoms with E-state index in [4.69, 9.17) is 0 Å². The molecule has 0 aliphatic carbocycles. The van der Waals surface area contributed by atoms with Crippen molar-refractivity contribution in [3.8, 4) is 0 Å². The number of aromatic amines is 1. The largest absolute Gasteiger partial charge is 0.349 e. The van der Waals surface area contributed by atoms with E-state index < -0.39 is 0 Å². The van der Waals surface area contributed by atoms with E-state index in [-0.39, 0.29) is 70.4 Å². The number of aromatic nitrogens is 10. The van der Waals surface area contributed by atoms with Crippen LogP contribution in [0, 0.1) is 11.8 Å². The zero-order valence-corrected chi connectivity index (χ0v) is 33.2. The Morgan fingerprint density at radius 3 is 1.77 bits per heavy atom. The van der Waals surface area contributed by atoms with Crippen LogP contribution in [0.3, 0.4) is 0 Å². The zero-order valence-electron chi connectivity index (χ0n) is 33.2. The number of hydrogen-bond acceptors (Lipinski definition) is 11. The van der Waals surface area contributed by atoms with Crippen LogP contribution in [0.4, 0.5) is 17.6 Å².